The molecule has 0 radical (unpaired) electrons. The molecule has 0 aromatic heterocycles. The maximum atomic E-state index is 6.06. The van der Waals surface area contributed by atoms with Gasteiger partial charge in [-0.2, -0.15) is 0 Å². The van der Waals surface area contributed by atoms with Gasteiger partial charge in [-0.25, -0.2) is 0 Å². The summed E-state index contributed by atoms with van der Waals surface area (Å²) in [6.07, 6.45) is 3.28. The lowest BCUT2D eigenvalue weighted by Gasteiger charge is -2.25. The zero-order valence-corrected chi connectivity index (χ0v) is 12.9. The molecule has 0 aromatic rings. The lowest BCUT2D eigenvalue weighted by Crippen LogP contribution is -2.30. The molecule has 2 aliphatic rings. The highest BCUT2D eigenvalue weighted by molar-refractivity contribution is 5.10. The molecule has 0 aliphatic heterocycles. The third-order valence-electron chi connectivity index (χ3n) is 5.75. The first kappa shape index (κ1) is 14.3. The Kier molecular flexibility index (Phi) is 4.38. The van der Waals surface area contributed by atoms with Crippen LogP contribution in [0.4, 0.5) is 0 Å². The molecule has 4 atom stereocenters. The molecule has 0 bridgehead atoms. The average Bonchev–Trinajstić information content (AvgIpc) is 2.72. The van der Waals surface area contributed by atoms with Gasteiger partial charge in [0.2, 0.25) is 0 Å². The third-order valence-corrected chi connectivity index (χ3v) is 5.75. The SMILES string of the molecule is CCN(CC)CCO[C@@H](C)C1CC2[C@@H](C1)C2(C)C. The highest BCUT2D eigenvalue weighted by Gasteiger charge is 2.62. The number of rotatable bonds is 7. The second-order valence-electron chi connectivity index (χ2n) is 6.87. The Bertz CT molecular complexity index is 258. The van der Waals surface area contributed by atoms with Crippen LogP contribution >= 0.6 is 0 Å². The van der Waals surface area contributed by atoms with Gasteiger partial charge in [0.15, 0.2) is 0 Å². The fourth-order valence-corrected chi connectivity index (χ4v) is 3.97. The molecule has 0 saturated heterocycles. The molecule has 2 saturated carbocycles. The van der Waals surface area contributed by atoms with Crippen LogP contribution < -0.4 is 0 Å². The van der Waals surface area contributed by atoms with Crippen LogP contribution in [0.1, 0.15) is 47.5 Å². The number of likely N-dealkylation sites (N-methyl/N-ethyl adjacent to an activating group) is 1. The maximum Gasteiger partial charge on any atom is 0.0597 e. The van der Waals surface area contributed by atoms with Crippen molar-refractivity contribution in [2.45, 2.75) is 53.6 Å². The highest BCUT2D eigenvalue weighted by atomic mass is 16.5. The summed E-state index contributed by atoms with van der Waals surface area (Å²) >= 11 is 0. The average molecular weight is 253 g/mol. The lowest BCUT2D eigenvalue weighted by atomic mass is 9.90. The van der Waals surface area contributed by atoms with E-state index in [0.29, 0.717) is 11.5 Å². The number of hydrogen-bond acceptors (Lipinski definition) is 2. The van der Waals surface area contributed by atoms with Crippen LogP contribution in [0.3, 0.4) is 0 Å². The predicted molar refractivity (Wildman–Crippen MR) is 76.7 cm³/mol. The Morgan fingerprint density at radius 3 is 2.22 bits per heavy atom. The number of ether oxygens (including phenoxy) is 1. The first-order valence-corrected chi connectivity index (χ1v) is 7.84. The monoisotopic (exact) mass is 253 g/mol. The predicted octanol–water partition coefficient (Wildman–Crippen LogP) is 3.42. The Balaban J connectivity index is 1.63. The van der Waals surface area contributed by atoms with E-state index in [0.717, 1.165) is 44.0 Å². The molecule has 2 fully saturated rings. The number of nitrogens with zero attached hydrogens (tertiary/aromatic N) is 1. The summed E-state index contributed by atoms with van der Waals surface area (Å²) in [6.45, 7) is 15.9. The van der Waals surface area contributed by atoms with Crippen molar-refractivity contribution >= 4 is 0 Å². The topological polar surface area (TPSA) is 12.5 Å². The normalized spacial score (nSPS) is 34.7. The third kappa shape index (κ3) is 2.75. The van der Waals surface area contributed by atoms with Gasteiger partial charge in [0.1, 0.15) is 0 Å². The Morgan fingerprint density at radius 2 is 1.72 bits per heavy atom. The van der Waals surface area contributed by atoms with E-state index >= 15 is 0 Å². The van der Waals surface area contributed by atoms with Gasteiger partial charge in [-0.1, -0.05) is 27.7 Å². The molecule has 0 N–H and O–H groups in total. The Hall–Kier alpha value is -0.0800. The first-order chi connectivity index (χ1) is 8.50. The van der Waals surface area contributed by atoms with E-state index in [1.54, 1.807) is 0 Å². The minimum atomic E-state index is 0.462. The molecular weight excluding hydrogens is 222 g/mol. The summed E-state index contributed by atoms with van der Waals surface area (Å²) in [4.78, 5) is 2.43. The van der Waals surface area contributed by atoms with Crippen LogP contribution in [0.25, 0.3) is 0 Å². The molecule has 2 nitrogen and oxygen atoms in total. The molecule has 0 heterocycles. The fraction of sp³-hybridized carbons (Fsp3) is 1.00. The molecule has 106 valence electrons. The Labute approximate surface area is 113 Å². The quantitative estimate of drug-likeness (QED) is 0.689. The van der Waals surface area contributed by atoms with Crippen molar-refractivity contribution < 1.29 is 4.74 Å². The summed E-state index contributed by atoms with van der Waals surface area (Å²) < 4.78 is 6.06. The van der Waals surface area contributed by atoms with Crippen molar-refractivity contribution in [3.05, 3.63) is 0 Å². The van der Waals surface area contributed by atoms with Crippen LogP contribution in [-0.2, 0) is 4.74 Å². The first-order valence-electron chi connectivity index (χ1n) is 7.84. The molecule has 2 unspecified atom stereocenters. The van der Waals surface area contributed by atoms with Gasteiger partial charge in [0.25, 0.3) is 0 Å². The van der Waals surface area contributed by atoms with Crippen LogP contribution in [0.15, 0.2) is 0 Å². The standard InChI is InChI=1S/C16H31NO/c1-6-17(7-2)8-9-18-12(3)13-10-14-15(11-13)16(14,4)5/h12-15H,6-11H2,1-5H3/t12-,13?,14+,15?/m0/s1. The van der Waals surface area contributed by atoms with Gasteiger partial charge in [-0.05, 0) is 56.0 Å². The van der Waals surface area contributed by atoms with Crippen molar-refractivity contribution in [3.8, 4) is 0 Å². The van der Waals surface area contributed by atoms with E-state index in [1.165, 1.54) is 12.8 Å². The minimum Gasteiger partial charge on any atom is -0.377 e. The molecule has 2 aliphatic carbocycles. The van der Waals surface area contributed by atoms with E-state index in [4.69, 9.17) is 4.74 Å². The van der Waals surface area contributed by atoms with Crippen molar-refractivity contribution in [2.75, 3.05) is 26.2 Å². The zero-order chi connectivity index (χ0) is 13.3. The van der Waals surface area contributed by atoms with Crippen molar-refractivity contribution in [3.63, 3.8) is 0 Å². The van der Waals surface area contributed by atoms with E-state index in [2.05, 4.69) is 39.5 Å². The zero-order valence-electron chi connectivity index (χ0n) is 12.9. The van der Waals surface area contributed by atoms with Crippen LogP contribution in [-0.4, -0.2) is 37.2 Å². The summed E-state index contributed by atoms with van der Waals surface area (Å²) in [6, 6.07) is 0. The molecule has 0 amide bonds. The molecule has 2 rings (SSSR count). The minimum absolute atomic E-state index is 0.462. The van der Waals surface area contributed by atoms with Gasteiger partial charge in [-0.3, -0.25) is 0 Å². The van der Waals surface area contributed by atoms with Crippen molar-refractivity contribution in [1.29, 1.82) is 0 Å². The van der Waals surface area contributed by atoms with Crippen LogP contribution in [0, 0.1) is 23.2 Å². The van der Waals surface area contributed by atoms with E-state index in [-0.39, 0.29) is 0 Å². The number of fused-ring (bicyclic) bond motifs is 1. The largest absolute Gasteiger partial charge is 0.377 e. The Morgan fingerprint density at radius 1 is 1.17 bits per heavy atom. The van der Waals surface area contributed by atoms with Gasteiger partial charge in [0.05, 0.1) is 12.7 Å². The second kappa shape index (κ2) is 5.50. The van der Waals surface area contributed by atoms with Crippen LogP contribution in [0.5, 0.6) is 0 Å². The molecular formula is C16H31NO. The molecule has 18 heavy (non-hydrogen) atoms. The van der Waals surface area contributed by atoms with E-state index in [1.807, 2.05) is 0 Å². The van der Waals surface area contributed by atoms with Crippen molar-refractivity contribution in [1.82, 2.24) is 4.90 Å². The summed E-state index contributed by atoms with van der Waals surface area (Å²) in [7, 11) is 0. The van der Waals surface area contributed by atoms with Crippen LogP contribution in [0.2, 0.25) is 0 Å². The molecule has 2 heteroatoms. The van der Waals surface area contributed by atoms with Gasteiger partial charge in [-0.15, -0.1) is 0 Å². The second-order valence-corrected chi connectivity index (χ2v) is 6.87. The molecule has 0 aromatic carbocycles. The maximum absolute atomic E-state index is 6.06. The van der Waals surface area contributed by atoms with Crippen molar-refractivity contribution in [2.24, 2.45) is 23.2 Å². The molecule has 0 spiro atoms. The smallest absolute Gasteiger partial charge is 0.0597 e. The van der Waals surface area contributed by atoms with E-state index in [9.17, 15) is 0 Å². The summed E-state index contributed by atoms with van der Waals surface area (Å²) in [5.74, 6) is 2.82. The fourth-order valence-electron chi connectivity index (χ4n) is 3.97. The van der Waals surface area contributed by atoms with Gasteiger partial charge >= 0.3 is 0 Å². The van der Waals surface area contributed by atoms with Gasteiger partial charge < -0.3 is 9.64 Å². The highest BCUT2D eigenvalue weighted by Crippen LogP contribution is 2.68. The summed E-state index contributed by atoms with van der Waals surface area (Å²) in [5, 5.41) is 0. The summed E-state index contributed by atoms with van der Waals surface area (Å²) in [5.41, 5.74) is 0.650. The van der Waals surface area contributed by atoms with Gasteiger partial charge in [0, 0.05) is 6.54 Å². The number of hydrogen-bond donors (Lipinski definition) is 0. The lowest BCUT2D eigenvalue weighted by molar-refractivity contribution is 0.00963. The van der Waals surface area contributed by atoms with E-state index < -0.39 is 0 Å².